The second kappa shape index (κ2) is 6.06. The molecule has 0 unspecified atom stereocenters. The fourth-order valence-electron chi connectivity index (χ4n) is 3.51. The second-order valence-electron chi connectivity index (χ2n) is 7.28. The van der Waals surface area contributed by atoms with Gasteiger partial charge in [-0.25, -0.2) is 4.98 Å². The number of fused-ring (bicyclic) bond motifs is 2. The van der Waals surface area contributed by atoms with E-state index in [9.17, 15) is 4.79 Å². The van der Waals surface area contributed by atoms with Gasteiger partial charge in [0.25, 0.3) is 5.91 Å². The van der Waals surface area contributed by atoms with Crippen molar-refractivity contribution in [3.63, 3.8) is 0 Å². The minimum absolute atomic E-state index is 0.0704. The number of nitrogens with one attached hydrogen (secondary N) is 1. The zero-order valence-corrected chi connectivity index (χ0v) is 14.6. The lowest BCUT2D eigenvalue weighted by molar-refractivity contribution is -0.118. The quantitative estimate of drug-likeness (QED) is 0.929. The molecule has 130 valence electrons. The third-order valence-electron chi connectivity index (χ3n) is 4.61. The minimum atomic E-state index is -0.238. The molecule has 1 amide bonds. The Balaban J connectivity index is 1.39. The standard InChI is InChI=1S/C20H22N2O3/c1-20(2)11-14-6-4-8-16(19(14)25-20)24-12-18(23)22-17-10-9-13-5-3-7-15(13)21-17/h4,6,8-10H,3,5,7,11-12H2,1-2H3,(H,21,22,23). The molecule has 1 aromatic heterocycles. The first-order valence-corrected chi connectivity index (χ1v) is 8.72. The summed E-state index contributed by atoms with van der Waals surface area (Å²) >= 11 is 0. The van der Waals surface area contributed by atoms with E-state index in [0.29, 0.717) is 11.6 Å². The molecule has 1 aromatic carbocycles. The van der Waals surface area contributed by atoms with E-state index < -0.39 is 0 Å². The maximum atomic E-state index is 12.2. The van der Waals surface area contributed by atoms with Crippen molar-refractivity contribution >= 4 is 11.7 Å². The van der Waals surface area contributed by atoms with Crippen molar-refractivity contribution in [2.75, 3.05) is 11.9 Å². The number of benzene rings is 1. The van der Waals surface area contributed by atoms with Crippen molar-refractivity contribution in [2.45, 2.75) is 45.1 Å². The first kappa shape index (κ1) is 15.9. The van der Waals surface area contributed by atoms with Crippen molar-refractivity contribution in [3.05, 3.63) is 47.2 Å². The molecule has 2 heterocycles. The van der Waals surface area contributed by atoms with Gasteiger partial charge in [-0.2, -0.15) is 0 Å². The molecule has 1 N–H and O–H groups in total. The Hall–Kier alpha value is -2.56. The van der Waals surface area contributed by atoms with E-state index in [0.717, 1.165) is 42.7 Å². The largest absolute Gasteiger partial charge is 0.483 e. The third-order valence-corrected chi connectivity index (χ3v) is 4.61. The van der Waals surface area contributed by atoms with Gasteiger partial charge in [0.1, 0.15) is 11.4 Å². The maximum Gasteiger partial charge on any atom is 0.263 e. The van der Waals surface area contributed by atoms with Gasteiger partial charge in [-0.1, -0.05) is 18.2 Å². The fourth-order valence-corrected chi connectivity index (χ4v) is 3.51. The molecule has 1 aliphatic heterocycles. The zero-order chi connectivity index (χ0) is 17.4. The lowest BCUT2D eigenvalue weighted by atomic mass is 10.0. The summed E-state index contributed by atoms with van der Waals surface area (Å²) in [6.45, 7) is 4.02. The van der Waals surface area contributed by atoms with Crippen LogP contribution in [0.15, 0.2) is 30.3 Å². The number of carbonyl (C=O) groups excluding carboxylic acids is 1. The molecule has 0 saturated heterocycles. The van der Waals surface area contributed by atoms with Gasteiger partial charge in [-0.05, 0) is 50.8 Å². The van der Waals surface area contributed by atoms with E-state index in [1.807, 2.05) is 44.2 Å². The van der Waals surface area contributed by atoms with Crippen LogP contribution in [0.25, 0.3) is 0 Å². The van der Waals surface area contributed by atoms with Crippen molar-refractivity contribution in [3.8, 4) is 11.5 Å². The molecule has 0 atom stereocenters. The number of aromatic nitrogens is 1. The number of rotatable bonds is 4. The average molecular weight is 338 g/mol. The SMILES string of the molecule is CC1(C)Cc2cccc(OCC(=O)Nc3ccc4c(n3)CCC4)c2O1. The van der Waals surface area contributed by atoms with Gasteiger partial charge in [0, 0.05) is 17.7 Å². The molecule has 1 aliphatic carbocycles. The number of ether oxygens (including phenoxy) is 2. The van der Waals surface area contributed by atoms with Crippen molar-refractivity contribution in [2.24, 2.45) is 0 Å². The van der Waals surface area contributed by atoms with Crippen LogP contribution in [0.1, 0.15) is 37.1 Å². The van der Waals surface area contributed by atoms with Crippen LogP contribution in [0, 0.1) is 0 Å². The predicted octanol–water partition coefficient (Wildman–Crippen LogP) is 3.30. The van der Waals surface area contributed by atoms with E-state index in [1.165, 1.54) is 5.56 Å². The highest BCUT2D eigenvalue weighted by atomic mass is 16.5. The Morgan fingerprint density at radius 2 is 2.12 bits per heavy atom. The number of hydrogen-bond acceptors (Lipinski definition) is 4. The molecule has 0 radical (unpaired) electrons. The van der Waals surface area contributed by atoms with Crippen LogP contribution in [-0.2, 0) is 24.1 Å². The summed E-state index contributed by atoms with van der Waals surface area (Å²) in [5.74, 6) is 1.72. The van der Waals surface area contributed by atoms with E-state index in [2.05, 4.69) is 10.3 Å². The molecule has 0 bridgehead atoms. The molecule has 0 spiro atoms. The lowest BCUT2D eigenvalue weighted by Gasteiger charge is -2.18. The van der Waals surface area contributed by atoms with Crippen LogP contribution < -0.4 is 14.8 Å². The monoisotopic (exact) mass is 338 g/mol. The first-order valence-electron chi connectivity index (χ1n) is 8.72. The van der Waals surface area contributed by atoms with Gasteiger partial charge in [0.05, 0.1) is 0 Å². The topological polar surface area (TPSA) is 60.5 Å². The molecule has 4 rings (SSSR count). The number of nitrogens with zero attached hydrogens (tertiary/aromatic N) is 1. The van der Waals surface area contributed by atoms with E-state index >= 15 is 0 Å². The van der Waals surface area contributed by atoms with Crippen LogP contribution >= 0.6 is 0 Å². The Kier molecular flexibility index (Phi) is 3.86. The van der Waals surface area contributed by atoms with Crippen LogP contribution in [-0.4, -0.2) is 23.1 Å². The molecule has 2 aliphatic rings. The average Bonchev–Trinajstić information content (AvgIpc) is 3.14. The molecule has 0 saturated carbocycles. The number of hydrogen-bond donors (Lipinski definition) is 1. The van der Waals surface area contributed by atoms with E-state index in [-0.39, 0.29) is 18.1 Å². The van der Waals surface area contributed by atoms with Gasteiger partial charge in [-0.15, -0.1) is 0 Å². The third kappa shape index (κ3) is 3.31. The number of carbonyl (C=O) groups is 1. The smallest absolute Gasteiger partial charge is 0.263 e. The van der Waals surface area contributed by atoms with Crippen molar-refractivity contribution < 1.29 is 14.3 Å². The fraction of sp³-hybridized carbons (Fsp3) is 0.400. The Labute approximate surface area is 147 Å². The van der Waals surface area contributed by atoms with Crippen LogP contribution in [0.2, 0.25) is 0 Å². The summed E-state index contributed by atoms with van der Waals surface area (Å²) < 4.78 is 11.7. The summed E-state index contributed by atoms with van der Waals surface area (Å²) in [4.78, 5) is 16.7. The highest BCUT2D eigenvalue weighted by molar-refractivity contribution is 5.91. The molecular weight excluding hydrogens is 316 g/mol. The lowest BCUT2D eigenvalue weighted by Crippen LogP contribution is -2.25. The molecular formula is C20H22N2O3. The normalized spacial score (nSPS) is 16.7. The van der Waals surface area contributed by atoms with E-state index in [4.69, 9.17) is 9.47 Å². The van der Waals surface area contributed by atoms with Gasteiger partial charge >= 0.3 is 0 Å². The highest BCUT2D eigenvalue weighted by Gasteiger charge is 2.32. The van der Waals surface area contributed by atoms with Gasteiger partial charge in [0.2, 0.25) is 0 Å². The molecule has 25 heavy (non-hydrogen) atoms. The Morgan fingerprint density at radius 1 is 1.24 bits per heavy atom. The number of para-hydroxylation sites is 1. The van der Waals surface area contributed by atoms with Gasteiger partial charge < -0.3 is 14.8 Å². The predicted molar refractivity (Wildman–Crippen MR) is 95.2 cm³/mol. The van der Waals surface area contributed by atoms with Crippen molar-refractivity contribution in [1.82, 2.24) is 4.98 Å². The molecule has 5 heteroatoms. The maximum absolute atomic E-state index is 12.2. The summed E-state index contributed by atoms with van der Waals surface area (Å²) in [5, 5.41) is 2.81. The number of amides is 1. The van der Waals surface area contributed by atoms with Crippen molar-refractivity contribution in [1.29, 1.82) is 0 Å². The minimum Gasteiger partial charge on any atom is -0.483 e. The number of aryl methyl sites for hydroxylation is 2. The van der Waals surface area contributed by atoms with E-state index in [1.54, 1.807) is 0 Å². The van der Waals surface area contributed by atoms with Crippen LogP contribution in [0.4, 0.5) is 5.82 Å². The Bertz CT molecular complexity index is 830. The highest BCUT2D eigenvalue weighted by Crippen LogP contribution is 2.41. The first-order chi connectivity index (χ1) is 12.0. The van der Waals surface area contributed by atoms with Crippen LogP contribution in [0.3, 0.4) is 0 Å². The number of pyridine rings is 1. The summed E-state index contributed by atoms with van der Waals surface area (Å²) in [6, 6.07) is 9.70. The zero-order valence-electron chi connectivity index (χ0n) is 14.6. The molecule has 2 aromatic rings. The van der Waals surface area contributed by atoms with Gasteiger partial charge in [-0.3, -0.25) is 4.79 Å². The van der Waals surface area contributed by atoms with Gasteiger partial charge in [0.15, 0.2) is 18.1 Å². The molecule has 5 nitrogen and oxygen atoms in total. The molecule has 0 fully saturated rings. The van der Waals surface area contributed by atoms with Crippen LogP contribution in [0.5, 0.6) is 11.5 Å². The number of anilines is 1. The summed E-state index contributed by atoms with van der Waals surface area (Å²) in [6.07, 6.45) is 4.04. The summed E-state index contributed by atoms with van der Waals surface area (Å²) in [7, 11) is 0. The second-order valence-corrected chi connectivity index (χ2v) is 7.28. The Morgan fingerprint density at radius 3 is 3.00 bits per heavy atom. The summed E-state index contributed by atoms with van der Waals surface area (Å²) in [5.41, 5.74) is 3.26.